The summed E-state index contributed by atoms with van der Waals surface area (Å²) in [7, 11) is 0. The van der Waals surface area contributed by atoms with Gasteiger partial charge in [-0.25, -0.2) is 9.59 Å². The first kappa shape index (κ1) is 12.7. The average molecular weight is 226 g/mol. The summed E-state index contributed by atoms with van der Waals surface area (Å²) in [5.74, 6) is -1.70. The molecule has 4 heteroatoms. The maximum absolute atomic E-state index is 11.2. The van der Waals surface area contributed by atoms with Crippen molar-refractivity contribution < 1.29 is 19.4 Å². The normalized spacial score (nSPS) is 20.9. The van der Waals surface area contributed by atoms with Crippen LogP contribution >= 0.6 is 0 Å². The van der Waals surface area contributed by atoms with Gasteiger partial charge in [-0.05, 0) is 31.1 Å². The van der Waals surface area contributed by atoms with Crippen LogP contribution in [-0.2, 0) is 14.3 Å². The molecule has 16 heavy (non-hydrogen) atoms. The molecule has 0 bridgehead atoms. The van der Waals surface area contributed by atoms with Crippen molar-refractivity contribution in [1.29, 1.82) is 0 Å². The molecule has 1 fully saturated rings. The van der Waals surface area contributed by atoms with Crippen LogP contribution in [0.5, 0.6) is 0 Å². The summed E-state index contributed by atoms with van der Waals surface area (Å²) in [6.45, 7) is 4.41. The van der Waals surface area contributed by atoms with E-state index < -0.39 is 11.9 Å². The minimum atomic E-state index is -1.14. The predicted molar refractivity (Wildman–Crippen MR) is 58.9 cm³/mol. The highest BCUT2D eigenvalue weighted by molar-refractivity contribution is 5.90. The zero-order valence-corrected chi connectivity index (χ0v) is 9.73. The Kier molecular flexibility index (Phi) is 4.10. The third-order valence-corrected chi connectivity index (χ3v) is 2.93. The van der Waals surface area contributed by atoms with Crippen LogP contribution in [0.1, 0.15) is 39.5 Å². The molecule has 1 N–H and O–H groups in total. The highest BCUT2D eigenvalue weighted by atomic mass is 16.5. The summed E-state index contributed by atoms with van der Waals surface area (Å²) in [6.07, 6.45) is 5.50. The zero-order chi connectivity index (χ0) is 12.2. The van der Waals surface area contributed by atoms with Crippen molar-refractivity contribution in [3.63, 3.8) is 0 Å². The van der Waals surface area contributed by atoms with Gasteiger partial charge < -0.3 is 9.84 Å². The van der Waals surface area contributed by atoms with Crippen molar-refractivity contribution in [2.75, 3.05) is 0 Å². The van der Waals surface area contributed by atoms with Crippen LogP contribution in [0, 0.1) is 5.41 Å². The molecule has 0 aromatic heterocycles. The Hall–Kier alpha value is -1.32. The van der Waals surface area contributed by atoms with Crippen molar-refractivity contribution in [2.24, 2.45) is 5.41 Å². The number of hydrogen-bond donors (Lipinski definition) is 1. The lowest BCUT2D eigenvalue weighted by Crippen LogP contribution is -2.27. The van der Waals surface area contributed by atoms with E-state index in [0.717, 1.165) is 37.8 Å². The fourth-order valence-corrected chi connectivity index (χ4v) is 1.83. The number of carbonyl (C=O) groups is 2. The lowest BCUT2D eigenvalue weighted by molar-refractivity contribution is -0.146. The van der Waals surface area contributed by atoms with Crippen LogP contribution in [0.2, 0.25) is 0 Å². The van der Waals surface area contributed by atoms with Crippen molar-refractivity contribution in [3.8, 4) is 0 Å². The number of rotatable bonds is 3. The van der Waals surface area contributed by atoms with Crippen LogP contribution in [0.25, 0.3) is 0 Å². The van der Waals surface area contributed by atoms with E-state index >= 15 is 0 Å². The van der Waals surface area contributed by atoms with Gasteiger partial charge >= 0.3 is 11.9 Å². The van der Waals surface area contributed by atoms with Crippen LogP contribution in [-0.4, -0.2) is 23.1 Å². The molecule has 1 rings (SSSR count). The van der Waals surface area contributed by atoms with E-state index in [1.165, 1.54) is 0 Å². The van der Waals surface area contributed by atoms with Crippen molar-refractivity contribution in [3.05, 3.63) is 12.2 Å². The first-order valence-corrected chi connectivity index (χ1v) is 5.51. The van der Waals surface area contributed by atoms with Crippen LogP contribution in [0.4, 0.5) is 0 Å². The van der Waals surface area contributed by atoms with E-state index in [-0.39, 0.29) is 6.10 Å². The van der Waals surface area contributed by atoms with Gasteiger partial charge in [-0.2, -0.15) is 0 Å². The van der Waals surface area contributed by atoms with E-state index in [2.05, 4.69) is 13.8 Å². The number of aliphatic carboxylic acids is 1. The lowest BCUT2D eigenvalue weighted by atomic mass is 9.76. The third kappa shape index (κ3) is 4.47. The van der Waals surface area contributed by atoms with Gasteiger partial charge in [0.1, 0.15) is 6.10 Å². The second-order valence-corrected chi connectivity index (χ2v) is 4.97. The minimum absolute atomic E-state index is 0.0565. The van der Waals surface area contributed by atoms with Gasteiger partial charge in [0.15, 0.2) is 0 Å². The molecule has 0 atom stereocenters. The van der Waals surface area contributed by atoms with Gasteiger partial charge in [-0.1, -0.05) is 13.8 Å². The molecule has 1 aliphatic rings. The molecule has 0 aromatic carbocycles. The minimum Gasteiger partial charge on any atom is -0.478 e. The quantitative estimate of drug-likeness (QED) is 0.591. The Morgan fingerprint density at radius 1 is 1.25 bits per heavy atom. The summed E-state index contributed by atoms with van der Waals surface area (Å²) in [6, 6.07) is 0. The summed E-state index contributed by atoms with van der Waals surface area (Å²) in [5, 5.41) is 8.34. The second-order valence-electron chi connectivity index (χ2n) is 4.97. The molecule has 4 nitrogen and oxygen atoms in total. The standard InChI is InChI=1S/C12H18O4/c1-12(2)7-5-9(6-8-12)16-11(15)4-3-10(13)14/h3-4,9H,5-8H2,1-2H3,(H,13,14)/b4-3-. The maximum Gasteiger partial charge on any atom is 0.331 e. The number of ether oxygens (including phenoxy) is 1. The van der Waals surface area contributed by atoms with E-state index in [0.29, 0.717) is 5.41 Å². The molecule has 1 saturated carbocycles. The first-order chi connectivity index (χ1) is 7.39. The monoisotopic (exact) mass is 226 g/mol. The van der Waals surface area contributed by atoms with Gasteiger partial charge in [-0.15, -0.1) is 0 Å². The van der Waals surface area contributed by atoms with Gasteiger partial charge in [0.25, 0.3) is 0 Å². The van der Waals surface area contributed by atoms with Gasteiger partial charge in [0.2, 0.25) is 0 Å². The fraction of sp³-hybridized carbons (Fsp3) is 0.667. The smallest absolute Gasteiger partial charge is 0.331 e. The molecule has 0 heterocycles. The maximum atomic E-state index is 11.2. The molecule has 90 valence electrons. The molecular weight excluding hydrogens is 208 g/mol. The molecule has 0 aromatic rings. The van der Waals surface area contributed by atoms with E-state index in [1.807, 2.05) is 0 Å². The highest BCUT2D eigenvalue weighted by Gasteiger charge is 2.28. The molecule has 0 spiro atoms. The van der Waals surface area contributed by atoms with E-state index in [1.54, 1.807) is 0 Å². The number of esters is 1. The number of hydrogen-bond acceptors (Lipinski definition) is 3. The molecular formula is C12H18O4. The lowest BCUT2D eigenvalue weighted by Gasteiger charge is -2.33. The van der Waals surface area contributed by atoms with Crippen LogP contribution in [0.3, 0.4) is 0 Å². The van der Waals surface area contributed by atoms with E-state index in [4.69, 9.17) is 9.84 Å². The average Bonchev–Trinajstić information content (AvgIpc) is 2.18. The highest BCUT2D eigenvalue weighted by Crippen LogP contribution is 2.36. The predicted octanol–water partition coefficient (Wildman–Crippen LogP) is 2.14. The summed E-state index contributed by atoms with van der Waals surface area (Å²) >= 11 is 0. The third-order valence-electron chi connectivity index (χ3n) is 2.93. The molecule has 0 amide bonds. The van der Waals surface area contributed by atoms with Crippen LogP contribution < -0.4 is 0 Å². The van der Waals surface area contributed by atoms with Crippen molar-refractivity contribution >= 4 is 11.9 Å². The topological polar surface area (TPSA) is 63.6 Å². The Labute approximate surface area is 95.3 Å². The largest absolute Gasteiger partial charge is 0.478 e. The van der Waals surface area contributed by atoms with Gasteiger partial charge in [0.05, 0.1) is 0 Å². The summed E-state index contributed by atoms with van der Waals surface area (Å²) < 4.78 is 5.15. The Bertz CT molecular complexity index is 294. The Balaban J connectivity index is 2.34. The number of carboxylic acids is 1. The fourth-order valence-electron chi connectivity index (χ4n) is 1.83. The Morgan fingerprint density at radius 3 is 2.31 bits per heavy atom. The molecule has 0 unspecified atom stereocenters. The molecule has 1 aliphatic carbocycles. The second kappa shape index (κ2) is 5.14. The van der Waals surface area contributed by atoms with E-state index in [9.17, 15) is 9.59 Å². The SMILES string of the molecule is CC1(C)CCC(OC(=O)/C=C\C(=O)O)CC1. The van der Waals surface area contributed by atoms with Crippen LogP contribution in [0.15, 0.2) is 12.2 Å². The van der Waals surface area contributed by atoms with Gasteiger partial charge in [0, 0.05) is 12.2 Å². The number of carboxylic acid groups (broad SMARTS) is 1. The zero-order valence-electron chi connectivity index (χ0n) is 9.73. The van der Waals surface area contributed by atoms with Crippen molar-refractivity contribution in [1.82, 2.24) is 0 Å². The molecule has 0 radical (unpaired) electrons. The number of carbonyl (C=O) groups excluding carboxylic acids is 1. The first-order valence-electron chi connectivity index (χ1n) is 5.51. The van der Waals surface area contributed by atoms with Crippen molar-refractivity contribution in [2.45, 2.75) is 45.6 Å². The summed E-state index contributed by atoms with van der Waals surface area (Å²) in [4.78, 5) is 21.4. The Morgan fingerprint density at radius 2 is 1.81 bits per heavy atom. The van der Waals surface area contributed by atoms with Gasteiger partial charge in [-0.3, -0.25) is 0 Å². The molecule has 0 saturated heterocycles. The summed E-state index contributed by atoms with van der Waals surface area (Å²) in [5.41, 5.74) is 0.333. The molecule has 0 aliphatic heterocycles.